The maximum atomic E-state index is 12.0. The van der Waals surface area contributed by atoms with Gasteiger partial charge in [0.1, 0.15) is 6.04 Å². The number of nitrogens with two attached hydrogens (primary N) is 1. The molecule has 0 unspecified atom stereocenters. The molecule has 0 aliphatic heterocycles. The van der Waals surface area contributed by atoms with Gasteiger partial charge in [-0.1, -0.05) is 36.4 Å². The van der Waals surface area contributed by atoms with Crippen LogP contribution in [0.1, 0.15) is 10.4 Å². The summed E-state index contributed by atoms with van der Waals surface area (Å²) < 4.78 is 0. The Kier molecular flexibility index (Phi) is 5.50. The quantitative estimate of drug-likeness (QED) is 0.854. The zero-order valence-corrected chi connectivity index (χ0v) is 12.3. The monoisotopic (exact) mass is 299 g/mol. The van der Waals surface area contributed by atoms with Crippen LogP contribution in [0, 0.1) is 11.3 Å². The second kappa shape index (κ2) is 7.58. The van der Waals surface area contributed by atoms with Crippen molar-refractivity contribution < 1.29 is 4.79 Å². The van der Waals surface area contributed by atoms with E-state index >= 15 is 0 Å². The van der Waals surface area contributed by atoms with Gasteiger partial charge >= 0.3 is 0 Å². The van der Waals surface area contributed by atoms with Crippen molar-refractivity contribution in [1.29, 1.82) is 5.26 Å². The minimum atomic E-state index is -0.629. The van der Waals surface area contributed by atoms with Gasteiger partial charge in [0, 0.05) is 17.7 Å². The normalized spacial score (nSPS) is 13.1. The van der Waals surface area contributed by atoms with E-state index in [-0.39, 0.29) is 5.91 Å². The van der Waals surface area contributed by atoms with Crippen molar-refractivity contribution >= 4 is 17.2 Å². The average Bonchev–Trinajstić information content (AvgIpc) is 3.00. The summed E-state index contributed by atoms with van der Waals surface area (Å²) in [5.74, 6) is -0.286. The maximum Gasteiger partial charge on any atom is 0.238 e. The highest BCUT2D eigenvalue weighted by molar-refractivity contribution is 7.09. The summed E-state index contributed by atoms with van der Waals surface area (Å²) in [7, 11) is 0. The van der Waals surface area contributed by atoms with E-state index in [1.165, 1.54) is 0 Å². The van der Waals surface area contributed by atoms with E-state index in [2.05, 4.69) is 11.4 Å². The Morgan fingerprint density at radius 3 is 2.62 bits per heavy atom. The van der Waals surface area contributed by atoms with E-state index in [1.807, 2.05) is 47.8 Å². The minimum Gasteiger partial charge on any atom is -0.339 e. The molecule has 2 rings (SSSR count). The Labute approximate surface area is 128 Å². The molecule has 5 heteroatoms. The first-order valence-corrected chi connectivity index (χ1v) is 7.59. The molecule has 0 saturated carbocycles. The number of amides is 1. The molecule has 0 fully saturated rings. The molecular formula is C16H17N3OS. The van der Waals surface area contributed by atoms with Crippen LogP contribution < -0.4 is 11.1 Å². The van der Waals surface area contributed by atoms with Gasteiger partial charge in [0.2, 0.25) is 5.91 Å². The smallest absolute Gasteiger partial charge is 0.238 e. The number of hydrogen-bond donors (Lipinski definition) is 2. The highest BCUT2D eigenvalue weighted by Crippen LogP contribution is 2.10. The van der Waals surface area contributed by atoms with Gasteiger partial charge in [-0.3, -0.25) is 4.79 Å². The van der Waals surface area contributed by atoms with Crippen LogP contribution in [-0.4, -0.2) is 18.0 Å². The minimum absolute atomic E-state index is 0.286. The van der Waals surface area contributed by atoms with Crippen molar-refractivity contribution in [2.75, 3.05) is 0 Å². The van der Waals surface area contributed by atoms with Crippen molar-refractivity contribution in [2.45, 2.75) is 24.9 Å². The predicted octanol–water partition coefficient (Wildman–Crippen LogP) is 1.87. The molecular weight excluding hydrogens is 282 g/mol. The second-order valence-corrected chi connectivity index (χ2v) is 5.80. The van der Waals surface area contributed by atoms with Crippen LogP contribution in [0.25, 0.3) is 0 Å². The molecule has 1 aromatic heterocycles. The number of carbonyl (C=O) groups is 1. The topological polar surface area (TPSA) is 78.9 Å². The first kappa shape index (κ1) is 15.2. The number of thiophene rings is 1. The lowest BCUT2D eigenvalue weighted by atomic mass is 10.1. The Balaban J connectivity index is 1.89. The summed E-state index contributed by atoms with van der Waals surface area (Å²) in [6, 6.07) is 14.4. The van der Waals surface area contributed by atoms with Crippen molar-refractivity contribution in [3.8, 4) is 6.07 Å². The first-order valence-electron chi connectivity index (χ1n) is 6.71. The molecule has 1 heterocycles. The molecule has 0 aliphatic rings. The molecule has 2 atom stereocenters. The van der Waals surface area contributed by atoms with Gasteiger partial charge < -0.3 is 11.1 Å². The molecule has 0 spiro atoms. The molecule has 0 saturated heterocycles. The van der Waals surface area contributed by atoms with Gasteiger partial charge in [0.05, 0.1) is 12.1 Å². The zero-order valence-electron chi connectivity index (χ0n) is 11.5. The Morgan fingerprint density at radius 1 is 1.24 bits per heavy atom. The van der Waals surface area contributed by atoms with E-state index in [9.17, 15) is 10.1 Å². The molecule has 1 aromatic carbocycles. The summed E-state index contributed by atoms with van der Waals surface area (Å²) in [6.45, 7) is 0. The van der Waals surface area contributed by atoms with Crippen LogP contribution in [0.15, 0.2) is 47.8 Å². The van der Waals surface area contributed by atoms with E-state index in [0.29, 0.717) is 12.8 Å². The zero-order chi connectivity index (χ0) is 15.1. The van der Waals surface area contributed by atoms with Crippen LogP contribution in [0.3, 0.4) is 0 Å². The van der Waals surface area contributed by atoms with E-state index in [4.69, 9.17) is 5.73 Å². The summed E-state index contributed by atoms with van der Waals surface area (Å²) in [6.07, 6.45) is 0.974. The Morgan fingerprint density at radius 2 is 2.00 bits per heavy atom. The van der Waals surface area contributed by atoms with Crippen molar-refractivity contribution in [1.82, 2.24) is 5.32 Å². The molecule has 2 aromatic rings. The largest absolute Gasteiger partial charge is 0.339 e. The van der Waals surface area contributed by atoms with Crippen LogP contribution in [-0.2, 0) is 17.6 Å². The fourth-order valence-electron chi connectivity index (χ4n) is 2.00. The van der Waals surface area contributed by atoms with Crippen molar-refractivity contribution in [3.63, 3.8) is 0 Å². The maximum absolute atomic E-state index is 12.0. The van der Waals surface area contributed by atoms with Gasteiger partial charge in [-0.05, 0) is 17.0 Å². The fraction of sp³-hybridized carbons (Fsp3) is 0.250. The SMILES string of the molecule is N#C[C@H](Cc1ccccc1)NC(=O)[C@@H](N)Cc1cccs1. The number of hydrogen-bond acceptors (Lipinski definition) is 4. The highest BCUT2D eigenvalue weighted by atomic mass is 32.1. The van der Waals surface area contributed by atoms with E-state index in [1.54, 1.807) is 11.3 Å². The summed E-state index contributed by atoms with van der Waals surface area (Å²) in [5, 5.41) is 13.8. The summed E-state index contributed by atoms with van der Waals surface area (Å²) in [5.41, 5.74) is 6.90. The van der Waals surface area contributed by atoms with Crippen LogP contribution in [0.5, 0.6) is 0 Å². The number of benzene rings is 1. The fourth-order valence-corrected chi connectivity index (χ4v) is 2.76. The molecule has 0 aliphatic carbocycles. The molecule has 21 heavy (non-hydrogen) atoms. The molecule has 0 radical (unpaired) electrons. The van der Waals surface area contributed by atoms with Gasteiger partial charge in [-0.15, -0.1) is 11.3 Å². The number of rotatable bonds is 6. The standard InChI is InChI=1S/C16H17N3OS/c17-11-13(9-12-5-2-1-3-6-12)19-16(20)15(18)10-14-7-4-8-21-14/h1-8,13,15H,9-10,18H2,(H,19,20)/t13-,15-/m0/s1. The molecule has 1 amide bonds. The lowest BCUT2D eigenvalue weighted by Crippen LogP contribution is -2.46. The lowest BCUT2D eigenvalue weighted by Gasteiger charge is -2.15. The van der Waals surface area contributed by atoms with Gasteiger partial charge in [0.25, 0.3) is 0 Å². The summed E-state index contributed by atoms with van der Waals surface area (Å²) >= 11 is 1.57. The first-order chi connectivity index (χ1) is 10.2. The van der Waals surface area contributed by atoms with Crippen molar-refractivity contribution in [2.24, 2.45) is 5.73 Å². The third-order valence-electron chi connectivity index (χ3n) is 3.09. The third-order valence-corrected chi connectivity index (χ3v) is 3.99. The van der Waals surface area contributed by atoms with Gasteiger partial charge in [0.15, 0.2) is 0 Å². The van der Waals surface area contributed by atoms with Crippen LogP contribution in [0.2, 0.25) is 0 Å². The number of nitrogens with one attached hydrogen (secondary N) is 1. The lowest BCUT2D eigenvalue weighted by molar-refractivity contribution is -0.122. The predicted molar refractivity (Wildman–Crippen MR) is 83.7 cm³/mol. The average molecular weight is 299 g/mol. The van der Waals surface area contributed by atoms with E-state index in [0.717, 1.165) is 10.4 Å². The van der Waals surface area contributed by atoms with Gasteiger partial charge in [-0.25, -0.2) is 0 Å². The molecule has 108 valence electrons. The molecule has 4 nitrogen and oxygen atoms in total. The number of carbonyl (C=O) groups excluding carboxylic acids is 1. The molecule has 3 N–H and O–H groups in total. The molecule has 0 bridgehead atoms. The Bertz CT molecular complexity index is 604. The van der Waals surface area contributed by atoms with E-state index < -0.39 is 12.1 Å². The van der Waals surface area contributed by atoms with Crippen molar-refractivity contribution in [3.05, 3.63) is 58.3 Å². The van der Waals surface area contributed by atoms with Crippen LogP contribution in [0.4, 0.5) is 0 Å². The van der Waals surface area contributed by atoms with Crippen LogP contribution >= 0.6 is 11.3 Å². The second-order valence-electron chi connectivity index (χ2n) is 4.77. The highest BCUT2D eigenvalue weighted by Gasteiger charge is 2.18. The van der Waals surface area contributed by atoms with Gasteiger partial charge in [-0.2, -0.15) is 5.26 Å². The number of nitriles is 1. The third kappa shape index (κ3) is 4.71. The number of nitrogens with zero attached hydrogens (tertiary/aromatic N) is 1. The summed E-state index contributed by atoms with van der Waals surface area (Å²) in [4.78, 5) is 13.1. The Hall–Kier alpha value is -2.16.